The van der Waals surface area contributed by atoms with Crippen LogP contribution in [0.15, 0.2) is 65.6 Å². The molecule has 3 N–H and O–H groups in total. The summed E-state index contributed by atoms with van der Waals surface area (Å²) in [5, 5.41) is 2.76. The number of aromatic nitrogens is 1. The fraction of sp³-hybridized carbons (Fsp3) is 0.150. The van der Waals surface area contributed by atoms with Crippen molar-refractivity contribution in [1.29, 1.82) is 0 Å². The van der Waals surface area contributed by atoms with E-state index in [1.165, 1.54) is 20.4 Å². The predicted octanol–water partition coefficient (Wildman–Crippen LogP) is 2.48. The van der Waals surface area contributed by atoms with E-state index in [2.05, 4.69) is 15.3 Å². The Labute approximate surface area is 162 Å². The van der Waals surface area contributed by atoms with Crippen molar-refractivity contribution in [1.82, 2.24) is 4.98 Å². The van der Waals surface area contributed by atoms with Crippen LogP contribution in [0.25, 0.3) is 0 Å². The first-order chi connectivity index (χ1) is 13.6. The summed E-state index contributed by atoms with van der Waals surface area (Å²) in [5.74, 6) is 2.20. The zero-order chi connectivity index (χ0) is 19.9. The molecule has 0 bridgehead atoms. The van der Waals surface area contributed by atoms with E-state index in [-0.39, 0.29) is 5.91 Å². The average molecular weight is 380 g/mol. The molecule has 2 heterocycles. The molecule has 1 aliphatic rings. The molecule has 1 aromatic carbocycles. The highest BCUT2D eigenvalue weighted by Crippen LogP contribution is 2.23. The van der Waals surface area contributed by atoms with E-state index in [0.29, 0.717) is 46.6 Å². The second-order valence-electron chi connectivity index (χ2n) is 5.73. The summed E-state index contributed by atoms with van der Waals surface area (Å²) in [7, 11) is 3.05. The highest BCUT2D eigenvalue weighted by Gasteiger charge is 2.16. The van der Waals surface area contributed by atoms with Gasteiger partial charge in [-0.2, -0.15) is 0 Å². The van der Waals surface area contributed by atoms with E-state index in [1.807, 2.05) is 0 Å². The third kappa shape index (κ3) is 4.47. The first-order valence-electron chi connectivity index (χ1n) is 8.43. The second-order valence-corrected chi connectivity index (χ2v) is 5.73. The normalized spacial score (nSPS) is 14.6. The lowest BCUT2D eigenvalue weighted by Gasteiger charge is -2.09. The van der Waals surface area contributed by atoms with Crippen LogP contribution in [0.1, 0.15) is 15.9 Å². The maximum Gasteiger partial charge on any atom is 0.257 e. The zero-order valence-corrected chi connectivity index (χ0v) is 15.5. The maximum atomic E-state index is 12.6. The Bertz CT molecular complexity index is 944. The minimum Gasteiger partial charge on any atom is -0.497 e. The van der Waals surface area contributed by atoms with Gasteiger partial charge in [-0.05, 0) is 42.6 Å². The number of allylic oxidation sites excluding steroid dienone is 2. The summed E-state index contributed by atoms with van der Waals surface area (Å²) < 4.78 is 16.1. The number of methoxy groups -OCH3 is 2. The number of hydrogen-bond donors (Lipinski definition) is 2. The van der Waals surface area contributed by atoms with Crippen molar-refractivity contribution in [3.8, 4) is 11.5 Å². The van der Waals surface area contributed by atoms with E-state index in [1.54, 1.807) is 48.7 Å². The molecule has 2 aromatic rings. The molecule has 144 valence electrons. The predicted molar refractivity (Wildman–Crippen MR) is 106 cm³/mol. The van der Waals surface area contributed by atoms with Crippen molar-refractivity contribution < 1.29 is 19.0 Å². The van der Waals surface area contributed by atoms with Crippen molar-refractivity contribution in [3.05, 3.63) is 71.8 Å². The Morgan fingerprint density at radius 3 is 2.64 bits per heavy atom. The van der Waals surface area contributed by atoms with Gasteiger partial charge < -0.3 is 25.3 Å². The zero-order valence-electron chi connectivity index (χ0n) is 15.5. The van der Waals surface area contributed by atoms with Gasteiger partial charge in [0.25, 0.3) is 5.91 Å². The maximum absolute atomic E-state index is 12.6. The number of nitrogens with two attached hydrogens (primary N) is 1. The Kier molecular flexibility index (Phi) is 5.91. The van der Waals surface area contributed by atoms with Gasteiger partial charge in [-0.15, -0.1) is 0 Å². The minimum absolute atomic E-state index is 0.343. The molecule has 1 aliphatic heterocycles. The molecule has 0 saturated heterocycles. The van der Waals surface area contributed by atoms with Crippen molar-refractivity contribution in [2.45, 2.75) is 0 Å². The van der Waals surface area contributed by atoms with Gasteiger partial charge in [0.15, 0.2) is 0 Å². The number of amides is 1. The average Bonchev–Trinajstić information content (AvgIpc) is 3.21. The van der Waals surface area contributed by atoms with E-state index in [9.17, 15) is 4.79 Å². The molecule has 8 heteroatoms. The lowest BCUT2D eigenvalue weighted by Crippen LogP contribution is -2.14. The van der Waals surface area contributed by atoms with Gasteiger partial charge in [-0.3, -0.25) is 4.79 Å². The van der Waals surface area contributed by atoms with Crippen LogP contribution in [0, 0.1) is 0 Å². The Hall–Kier alpha value is -3.81. The fourth-order valence-corrected chi connectivity index (χ4v) is 2.50. The largest absolute Gasteiger partial charge is 0.497 e. The number of pyridine rings is 1. The van der Waals surface area contributed by atoms with E-state index >= 15 is 0 Å². The number of carbonyl (C=O) groups is 1. The van der Waals surface area contributed by atoms with E-state index < -0.39 is 0 Å². The highest BCUT2D eigenvalue weighted by atomic mass is 16.5. The Morgan fingerprint density at radius 2 is 1.96 bits per heavy atom. The second kappa shape index (κ2) is 8.72. The standard InChI is InChI=1S/C20H20N4O4/c1-26-16-8-14(9-17(11-16)27-2)19(25)24-18-10-13(5-7-22-18)20-23-12-15(28-20)4-3-6-21/h3-11H,12,21H2,1-2H3,(H,22,24,25)/b6-3-,15-4+. The third-order valence-electron chi connectivity index (χ3n) is 3.86. The minimum atomic E-state index is -0.343. The molecule has 0 fully saturated rings. The summed E-state index contributed by atoms with van der Waals surface area (Å²) in [6, 6.07) is 8.37. The van der Waals surface area contributed by atoms with Crippen LogP contribution in [0.4, 0.5) is 5.82 Å². The molecule has 0 radical (unpaired) electrons. The molecule has 0 aliphatic carbocycles. The Morgan fingerprint density at radius 1 is 1.21 bits per heavy atom. The van der Waals surface area contributed by atoms with Gasteiger partial charge in [0.1, 0.15) is 29.6 Å². The molecule has 28 heavy (non-hydrogen) atoms. The van der Waals surface area contributed by atoms with Gasteiger partial charge in [0.2, 0.25) is 5.90 Å². The summed E-state index contributed by atoms with van der Waals surface area (Å²) >= 11 is 0. The molecule has 0 saturated carbocycles. The number of ether oxygens (including phenoxy) is 3. The number of aliphatic imine (C=N–C) groups is 1. The summed E-state index contributed by atoms with van der Waals surface area (Å²) in [6.07, 6.45) is 6.41. The van der Waals surface area contributed by atoms with Gasteiger partial charge in [0, 0.05) is 23.4 Å². The highest BCUT2D eigenvalue weighted by molar-refractivity contribution is 6.05. The first kappa shape index (κ1) is 19.0. The number of anilines is 1. The quantitative estimate of drug-likeness (QED) is 0.797. The number of hydrogen-bond acceptors (Lipinski definition) is 7. The lowest BCUT2D eigenvalue weighted by atomic mass is 10.2. The van der Waals surface area contributed by atoms with Gasteiger partial charge in [0.05, 0.1) is 14.2 Å². The molecule has 3 rings (SSSR count). The smallest absolute Gasteiger partial charge is 0.257 e. The van der Waals surface area contributed by atoms with Crippen LogP contribution in [-0.2, 0) is 4.74 Å². The van der Waals surface area contributed by atoms with Crippen molar-refractivity contribution in [3.63, 3.8) is 0 Å². The van der Waals surface area contributed by atoms with Crippen LogP contribution in [-0.4, -0.2) is 37.6 Å². The van der Waals surface area contributed by atoms with Crippen LogP contribution in [0.2, 0.25) is 0 Å². The van der Waals surface area contributed by atoms with E-state index in [4.69, 9.17) is 19.9 Å². The van der Waals surface area contributed by atoms with Crippen LogP contribution in [0.5, 0.6) is 11.5 Å². The number of rotatable bonds is 6. The lowest BCUT2D eigenvalue weighted by molar-refractivity contribution is 0.102. The first-order valence-corrected chi connectivity index (χ1v) is 8.43. The molecule has 1 amide bonds. The van der Waals surface area contributed by atoms with Gasteiger partial charge >= 0.3 is 0 Å². The third-order valence-corrected chi connectivity index (χ3v) is 3.86. The van der Waals surface area contributed by atoms with Crippen LogP contribution < -0.4 is 20.5 Å². The topological polar surface area (TPSA) is 108 Å². The number of nitrogens with one attached hydrogen (secondary N) is 1. The van der Waals surface area contributed by atoms with Gasteiger partial charge in [-0.1, -0.05) is 0 Å². The van der Waals surface area contributed by atoms with Crippen molar-refractivity contribution in [2.75, 3.05) is 26.1 Å². The summed E-state index contributed by atoms with van der Waals surface area (Å²) in [4.78, 5) is 21.1. The fourth-order valence-electron chi connectivity index (χ4n) is 2.50. The molecule has 8 nitrogen and oxygen atoms in total. The number of nitrogens with zero attached hydrogens (tertiary/aromatic N) is 2. The molecular formula is C20H20N4O4. The van der Waals surface area contributed by atoms with Gasteiger partial charge in [-0.25, -0.2) is 9.98 Å². The molecule has 0 atom stereocenters. The molecule has 0 spiro atoms. The molecule has 0 unspecified atom stereocenters. The summed E-state index contributed by atoms with van der Waals surface area (Å²) in [6.45, 7) is 0.424. The van der Waals surface area contributed by atoms with Crippen LogP contribution >= 0.6 is 0 Å². The summed E-state index contributed by atoms with van der Waals surface area (Å²) in [5.41, 5.74) is 6.41. The Balaban J connectivity index is 1.76. The van der Waals surface area contributed by atoms with E-state index in [0.717, 1.165) is 0 Å². The number of carbonyl (C=O) groups excluding carboxylic acids is 1. The molecule has 1 aromatic heterocycles. The number of benzene rings is 1. The monoisotopic (exact) mass is 380 g/mol. The van der Waals surface area contributed by atoms with Crippen molar-refractivity contribution in [2.24, 2.45) is 10.7 Å². The van der Waals surface area contributed by atoms with Crippen molar-refractivity contribution >= 4 is 17.6 Å². The van der Waals surface area contributed by atoms with Crippen LogP contribution in [0.3, 0.4) is 0 Å². The molecular weight excluding hydrogens is 360 g/mol. The SMILES string of the molecule is COc1cc(OC)cc(C(=O)Nc2cc(C3=NC/C(=C\C=C/N)O3)ccn2)c1.